The molecule has 3 rings (SSSR count). The number of esters is 1. The van der Waals surface area contributed by atoms with Gasteiger partial charge in [-0.05, 0) is 23.2 Å². The minimum Gasteiger partial charge on any atom is -0.471 e. The van der Waals surface area contributed by atoms with Crippen LogP contribution in [-0.4, -0.2) is 29.1 Å². The van der Waals surface area contributed by atoms with Crippen LogP contribution in [0.4, 0.5) is 17.5 Å². The van der Waals surface area contributed by atoms with Gasteiger partial charge in [-0.1, -0.05) is 60.7 Å². The number of hydrogen-bond donors (Lipinski definition) is 2. The van der Waals surface area contributed by atoms with Gasteiger partial charge < -0.3 is 20.1 Å². The summed E-state index contributed by atoms with van der Waals surface area (Å²) in [7, 11) is 0. The molecule has 0 aliphatic carbocycles. The molecule has 1 aromatic heterocycles. The molecule has 0 spiro atoms. The van der Waals surface area contributed by atoms with Crippen LogP contribution >= 0.6 is 0 Å². The van der Waals surface area contributed by atoms with E-state index in [1.165, 1.54) is 0 Å². The summed E-state index contributed by atoms with van der Waals surface area (Å²) >= 11 is 0. The highest BCUT2D eigenvalue weighted by Crippen LogP contribution is 2.34. The van der Waals surface area contributed by atoms with E-state index in [1.54, 1.807) is 6.92 Å². The fourth-order valence-electron chi connectivity index (χ4n) is 2.69. The molecule has 2 N–H and O–H groups in total. The minimum absolute atomic E-state index is 0.00998. The summed E-state index contributed by atoms with van der Waals surface area (Å²) in [6.45, 7) is 2.43. The number of rotatable bonds is 11. The molecular formula is C22H23N5O4. The van der Waals surface area contributed by atoms with Crippen molar-refractivity contribution < 1.29 is 14.3 Å². The van der Waals surface area contributed by atoms with Crippen molar-refractivity contribution in [3.05, 3.63) is 76.7 Å². The Labute approximate surface area is 179 Å². The van der Waals surface area contributed by atoms with Crippen molar-refractivity contribution in [2.24, 2.45) is 5.18 Å². The maximum Gasteiger partial charge on any atom is 0.325 e. The Hall–Kier alpha value is -4.01. The normalized spacial score (nSPS) is 10.2. The molecule has 1 heterocycles. The average molecular weight is 421 g/mol. The predicted octanol–water partition coefficient (Wildman–Crippen LogP) is 4.04. The third kappa shape index (κ3) is 6.49. The highest BCUT2D eigenvalue weighted by atomic mass is 16.5. The fourth-order valence-corrected chi connectivity index (χ4v) is 2.69. The quantitative estimate of drug-likeness (QED) is 0.352. The van der Waals surface area contributed by atoms with Gasteiger partial charge in [0.15, 0.2) is 5.82 Å². The Kier molecular flexibility index (Phi) is 7.87. The Morgan fingerprint density at radius 2 is 1.65 bits per heavy atom. The van der Waals surface area contributed by atoms with Crippen LogP contribution in [0.5, 0.6) is 5.88 Å². The zero-order valence-electron chi connectivity index (χ0n) is 17.1. The predicted molar refractivity (Wildman–Crippen MR) is 117 cm³/mol. The smallest absolute Gasteiger partial charge is 0.325 e. The summed E-state index contributed by atoms with van der Waals surface area (Å²) in [6, 6.07) is 19.2. The number of carbonyl (C=O) groups is 1. The summed E-state index contributed by atoms with van der Waals surface area (Å²) in [5.41, 5.74) is 1.81. The standard InChI is InChI=1S/C22H23N5O4/c1-2-30-18(28)14-23-20-19(27-29)21(31-15-17-11-7-4-8-12-17)26-22(25-20)24-13-16-9-5-3-6-10-16/h3-12H,2,13-15H2,1H3,(H2,23,24,25,26). The first-order valence-electron chi connectivity index (χ1n) is 9.79. The second-order valence-corrected chi connectivity index (χ2v) is 6.41. The third-order valence-electron chi connectivity index (χ3n) is 4.16. The second-order valence-electron chi connectivity index (χ2n) is 6.41. The zero-order chi connectivity index (χ0) is 21.9. The van der Waals surface area contributed by atoms with Crippen molar-refractivity contribution in [3.63, 3.8) is 0 Å². The second kappa shape index (κ2) is 11.2. The van der Waals surface area contributed by atoms with E-state index in [9.17, 15) is 9.70 Å². The maximum atomic E-state index is 11.7. The SMILES string of the molecule is CCOC(=O)CNc1nc(NCc2ccccc2)nc(OCc2ccccc2)c1N=O. The van der Waals surface area contributed by atoms with Crippen LogP contribution in [-0.2, 0) is 22.7 Å². The first-order chi connectivity index (χ1) is 15.2. The molecule has 0 aliphatic heterocycles. The van der Waals surface area contributed by atoms with E-state index in [4.69, 9.17) is 9.47 Å². The molecule has 31 heavy (non-hydrogen) atoms. The van der Waals surface area contributed by atoms with Crippen LogP contribution in [0.25, 0.3) is 0 Å². The van der Waals surface area contributed by atoms with E-state index in [-0.39, 0.29) is 43.1 Å². The van der Waals surface area contributed by atoms with Crippen molar-refractivity contribution in [1.82, 2.24) is 9.97 Å². The average Bonchev–Trinajstić information content (AvgIpc) is 2.81. The van der Waals surface area contributed by atoms with Gasteiger partial charge in [-0.2, -0.15) is 9.97 Å². The molecule has 0 atom stereocenters. The van der Waals surface area contributed by atoms with Crippen LogP contribution in [0.1, 0.15) is 18.1 Å². The third-order valence-corrected chi connectivity index (χ3v) is 4.16. The Bertz CT molecular complexity index is 1000. The largest absolute Gasteiger partial charge is 0.471 e. The van der Waals surface area contributed by atoms with Crippen molar-refractivity contribution in [2.75, 3.05) is 23.8 Å². The van der Waals surface area contributed by atoms with Gasteiger partial charge in [0.1, 0.15) is 13.2 Å². The first-order valence-corrected chi connectivity index (χ1v) is 9.79. The Balaban J connectivity index is 1.83. The number of nitrogens with zero attached hydrogens (tertiary/aromatic N) is 3. The lowest BCUT2D eigenvalue weighted by atomic mass is 10.2. The lowest BCUT2D eigenvalue weighted by molar-refractivity contribution is -0.140. The van der Waals surface area contributed by atoms with Crippen molar-refractivity contribution in [3.8, 4) is 5.88 Å². The summed E-state index contributed by atoms with van der Waals surface area (Å²) in [6.07, 6.45) is 0. The van der Waals surface area contributed by atoms with Crippen molar-refractivity contribution >= 4 is 23.4 Å². The topological polar surface area (TPSA) is 115 Å². The molecule has 0 radical (unpaired) electrons. The lowest BCUT2D eigenvalue weighted by Gasteiger charge is -2.14. The molecule has 9 nitrogen and oxygen atoms in total. The van der Waals surface area contributed by atoms with Crippen molar-refractivity contribution in [1.29, 1.82) is 0 Å². The van der Waals surface area contributed by atoms with E-state index >= 15 is 0 Å². The van der Waals surface area contributed by atoms with E-state index in [0.29, 0.717) is 6.54 Å². The van der Waals surface area contributed by atoms with Gasteiger partial charge in [-0.15, -0.1) is 4.91 Å². The van der Waals surface area contributed by atoms with Gasteiger partial charge in [0.25, 0.3) is 5.88 Å². The minimum atomic E-state index is -0.483. The maximum absolute atomic E-state index is 11.7. The van der Waals surface area contributed by atoms with Crippen LogP contribution in [0.3, 0.4) is 0 Å². The number of benzene rings is 2. The van der Waals surface area contributed by atoms with Gasteiger partial charge >= 0.3 is 5.97 Å². The van der Waals surface area contributed by atoms with Gasteiger partial charge in [0.2, 0.25) is 11.6 Å². The van der Waals surface area contributed by atoms with Gasteiger partial charge in [-0.25, -0.2) is 0 Å². The van der Waals surface area contributed by atoms with E-state index in [0.717, 1.165) is 11.1 Å². The molecule has 0 saturated carbocycles. The van der Waals surface area contributed by atoms with Gasteiger partial charge in [0.05, 0.1) is 6.61 Å². The van der Waals surface area contributed by atoms with Crippen LogP contribution in [0.2, 0.25) is 0 Å². The summed E-state index contributed by atoms with van der Waals surface area (Å²) in [4.78, 5) is 31.9. The number of nitrogens with one attached hydrogen (secondary N) is 2. The molecule has 0 bridgehead atoms. The van der Waals surface area contributed by atoms with E-state index in [1.807, 2.05) is 60.7 Å². The molecule has 2 aromatic carbocycles. The summed E-state index contributed by atoms with van der Waals surface area (Å²) in [5.74, 6) is -0.165. The Morgan fingerprint density at radius 1 is 0.968 bits per heavy atom. The lowest BCUT2D eigenvalue weighted by Crippen LogP contribution is -2.18. The number of carbonyl (C=O) groups excluding carboxylic acids is 1. The summed E-state index contributed by atoms with van der Waals surface area (Å²) in [5, 5.41) is 8.91. The van der Waals surface area contributed by atoms with Crippen LogP contribution in [0, 0.1) is 4.91 Å². The molecule has 0 unspecified atom stereocenters. The number of aromatic nitrogens is 2. The molecule has 0 amide bonds. The van der Waals surface area contributed by atoms with Crippen molar-refractivity contribution in [2.45, 2.75) is 20.1 Å². The number of ether oxygens (including phenoxy) is 2. The van der Waals surface area contributed by atoms with Crippen LogP contribution < -0.4 is 15.4 Å². The fraction of sp³-hybridized carbons (Fsp3) is 0.227. The summed E-state index contributed by atoms with van der Waals surface area (Å²) < 4.78 is 10.7. The molecule has 160 valence electrons. The first kappa shape index (κ1) is 21.7. The monoisotopic (exact) mass is 421 g/mol. The Morgan fingerprint density at radius 3 is 2.29 bits per heavy atom. The molecule has 0 fully saturated rings. The molecule has 3 aromatic rings. The molecule has 9 heteroatoms. The van der Waals surface area contributed by atoms with Gasteiger partial charge in [-0.3, -0.25) is 4.79 Å². The van der Waals surface area contributed by atoms with E-state index < -0.39 is 5.97 Å². The van der Waals surface area contributed by atoms with Crippen LogP contribution in [0.15, 0.2) is 65.8 Å². The van der Waals surface area contributed by atoms with Gasteiger partial charge in [0, 0.05) is 6.54 Å². The zero-order valence-corrected chi connectivity index (χ0v) is 17.1. The highest BCUT2D eigenvalue weighted by molar-refractivity contribution is 5.77. The number of nitroso groups, excluding NO2 is 1. The number of hydrogen-bond acceptors (Lipinski definition) is 9. The number of anilines is 2. The molecule has 0 saturated heterocycles. The highest BCUT2D eigenvalue weighted by Gasteiger charge is 2.18. The molecular weight excluding hydrogens is 398 g/mol. The molecule has 0 aliphatic rings. The van der Waals surface area contributed by atoms with E-state index in [2.05, 4.69) is 25.8 Å².